The van der Waals surface area contributed by atoms with Crippen molar-refractivity contribution in [3.8, 4) is 0 Å². The summed E-state index contributed by atoms with van der Waals surface area (Å²) in [7, 11) is 0. The molecule has 188 valence electrons. The number of aromatic nitrogens is 4. The first-order valence-electron chi connectivity index (χ1n) is 11.4. The van der Waals surface area contributed by atoms with E-state index in [0.29, 0.717) is 24.0 Å². The van der Waals surface area contributed by atoms with E-state index in [4.69, 9.17) is 12.2 Å². The third-order valence-corrected chi connectivity index (χ3v) is 6.58. The van der Waals surface area contributed by atoms with Gasteiger partial charge in [-0.05, 0) is 78.5 Å². The van der Waals surface area contributed by atoms with E-state index in [-0.39, 0.29) is 45.9 Å². The summed E-state index contributed by atoms with van der Waals surface area (Å²) in [6, 6.07) is 10.4. The number of carboxylic acids is 1. The zero-order valence-electron chi connectivity index (χ0n) is 19.5. The Bertz CT molecular complexity index is 1650. The second kappa shape index (κ2) is 9.54. The number of rotatable bonds is 6. The number of carbonyl (C=O) groups excluding carboxylic acids is 2. The first-order valence-corrected chi connectivity index (χ1v) is 11.8. The van der Waals surface area contributed by atoms with Crippen LogP contribution in [0.2, 0.25) is 0 Å². The van der Waals surface area contributed by atoms with Gasteiger partial charge in [0.25, 0.3) is 17.6 Å². The molecule has 0 radical (unpaired) electrons. The van der Waals surface area contributed by atoms with Crippen LogP contribution in [0.4, 0.5) is 4.39 Å². The molecule has 0 spiro atoms. The predicted octanol–water partition coefficient (Wildman–Crippen LogP) is 3.28. The van der Waals surface area contributed by atoms with Gasteiger partial charge >= 0.3 is 5.97 Å². The standard InChI is InChI=1S/C25H21FN6O4S/c1-12-8-13(2-6-17(12)26)11-27-21(33)19-10-20(32-24(29-19)30-31-25(32)37)22(34)28-18-7-4-14-9-15(23(35)36)3-5-16(14)18/h2-3,5-6,8-10,18H,4,7,11H2,1H3,(H,27,33)(H,28,34)(H,31,37)(H,35,36)/t18-/m0/s1. The molecule has 1 aliphatic carbocycles. The molecular weight excluding hydrogens is 499 g/mol. The van der Waals surface area contributed by atoms with Crippen LogP contribution >= 0.6 is 12.2 Å². The summed E-state index contributed by atoms with van der Waals surface area (Å²) in [4.78, 5) is 41.8. The summed E-state index contributed by atoms with van der Waals surface area (Å²) in [6.45, 7) is 1.77. The molecule has 4 N–H and O–H groups in total. The summed E-state index contributed by atoms with van der Waals surface area (Å²) >= 11 is 5.26. The van der Waals surface area contributed by atoms with Gasteiger partial charge in [0.15, 0.2) is 0 Å². The third kappa shape index (κ3) is 4.70. The van der Waals surface area contributed by atoms with Gasteiger partial charge in [-0.1, -0.05) is 18.2 Å². The molecule has 2 aromatic carbocycles. The molecule has 4 aromatic rings. The van der Waals surface area contributed by atoms with Crippen molar-refractivity contribution in [1.29, 1.82) is 0 Å². The SMILES string of the molecule is Cc1cc(CNC(=O)c2cc(C(=O)N[C@H]3CCc4cc(C(=O)O)ccc43)n3c(=S)[nH]nc3n2)ccc1F. The van der Waals surface area contributed by atoms with Crippen molar-refractivity contribution in [1.82, 2.24) is 30.2 Å². The second-order valence-corrected chi connectivity index (χ2v) is 9.13. The predicted molar refractivity (Wildman–Crippen MR) is 132 cm³/mol. The van der Waals surface area contributed by atoms with Gasteiger partial charge in [-0.15, -0.1) is 5.10 Å². The lowest BCUT2D eigenvalue weighted by atomic mass is 10.0. The van der Waals surface area contributed by atoms with Gasteiger partial charge in [-0.2, -0.15) is 0 Å². The van der Waals surface area contributed by atoms with Gasteiger partial charge in [0.05, 0.1) is 11.6 Å². The van der Waals surface area contributed by atoms with Crippen LogP contribution in [0, 0.1) is 17.5 Å². The normalized spacial score (nSPS) is 14.4. The van der Waals surface area contributed by atoms with Gasteiger partial charge in [-0.25, -0.2) is 23.7 Å². The van der Waals surface area contributed by atoms with E-state index in [9.17, 15) is 23.9 Å². The number of aromatic amines is 1. The molecule has 2 amide bonds. The van der Waals surface area contributed by atoms with Crippen LogP contribution in [-0.4, -0.2) is 42.5 Å². The fourth-order valence-electron chi connectivity index (χ4n) is 4.42. The van der Waals surface area contributed by atoms with Crippen molar-refractivity contribution < 1.29 is 23.9 Å². The number of nitrogens with zero attached hydrogens (tertiary/aromatic N) is 3. The molecule has 1 aliphatic rings. The van der Waals surface area contributed by atoms with Gasteiger partial charge in [0.1, 0.15) is 17.2 Å². The number of hydrogen-bond acceptors (Lipinski definition) is 6. The average Bonchev–Trinajstić information content (AvgIpc) is 3.46. The van der Waals surface area contributed by atoms with Crippen molar-refractivity contribution in [3.63, 3.8) is 0 Å². The van der Waals surface area contributed by atoms with Crippen molar-refractivity contribution in [2.45, 2.75) is 32.4 Å². The summed E-state index contributed by atoms with van der Waals surface area (Å²) in [6.07, 6.45) is 1.22. The number of aromatic carboxylic acids is 1. The highest BCUT2D eigenvalue weighted by molar-refractivity contribution is 7.71. The molecule has 0 aliphatic heterocycles. The Balaban J connectivity index is 1.40. The molecule has 2 heterocycles. The lowest BCUT2D eigenvalue weighted by Gasteiger charge is -2.15. The summed E-state index contributed by atoms with van der Waals surface area (Å²) in [5, 5.41) is 21.5. The number of carbonyl (C=O) groups is 3. The molecule has 1 atom stereocenters. The Kier molecular flexibility index (Phi) is 6.25. The lowest BCUT2D eigenvalue weighted by molar-refractivity contribution is 0.0696. The van der Waals surface area contributed by atoms with E-state index in [1.165, 1.54) is 22.6 Å². The molecule has 0 unspecified atom stereocenters. The van der Waals surface area contributed by atoms with Crippen molar-refractivity contribution in [2.75, 3.05) is 0 Å². The molecule has 10 nitrogen and oxygen atoms in total. The number of H-pyrrole nitrogens is 1. The topological polar surface area (TPSA) is 141 Å². The fraction of sp³-hybridized carbons (Fsp3) is 0.200. The van der Waals surface area contributed by atoms with E-state index in [0.717, 1.165) is 11.1 Å². The summed E-state index contributed by atoms with van der Waals surface area (Å²) in [5.74, 6) is -2.32. The Morgan fingerprint density at radius 1 is 1.19 bits per heavy atom. The number of fused-ring (bicyclic) bond motifs is 2. The van der Waals surface area contributed by atoms with Crippen LogP contribution in [0.5, 0.6) is 0 Å². The number of carboxylic acid groups (broad SMARTS) is 1. The molecule has 0 bridgehead atoms. The van der Waals surface area contributed by atoms with Crippen LogP contribution < -0.4 is 10.6 Å². The van der Waals surface area contributed by atoms with Gasteiger partial charge in [0.2, 0.25) is 4.77 Å². The monoisotopic (exact) mass is 520 g/mol. The Morgan fingerprint density at radius 2 is 2.00 bits per heavy atom. The average molecular weight is 521 g/mol. The third-order valence-electron chi connectivity index (χ3n) is 6.30. The van der Waals surface area contributed by atoms with Crippen LogP contribution in [0.15, 0.2) is 42.5 Å². The molecule has 0 fully saturated rings. The maximum atomic E-state index is 13.5. The van der Waals surface area contributed by atoms with Gasteiger partial charge < -0.3 is 15.7 Å². The van der Waals surface area contributed by atoms with Crippen molar-refractivity contribution >= 4 is 35.8 Å². The minimum atomic E-state index is -1.01. The van der Waals surface area contributed by atoms with Crippen LogP contribution in [0.3, 0.4) is 0 Å². The van der Waals surface area contributed by atoms with E-state index in [1.54, 1.807) is 31.2 Å². The number of nitrogens with one attached hydrogen (secondary N) is 3. The van der Waals surface area contributed by atoms with Crippen molar-refractivity contribution in [3.05, 3.63) is 92.3 Å². The Hall–Kier alpha value is -4.45. The summed E-state index contributed by atoms with van der Waals surface area (Å²) < 4.78 is 15.0. The molecule has 5 rings (SSSR count). The zero-order valence-corrected chi connectivity index (χ0v) is 20.4. The number of aryl methyl sites for hydroxylation is 2. The smallest absolute Gasteiger partial charge is 0.335 e. The highest BCUT2D eigenvalue weighted by atomic mass is 32.1. The molecule has 37 heavy (non-hydrogen) atoms. The van der Waals surface area contributed by atoms with Gasteiger partial charge in [-0.3, -0.25) is 9.59 Å². The van der Waals surface area contributed by atoms with Gasteiger partial charge in [0, 0.05) is 6.54 Å². The lowest BCUT2D eigenvalue weighted by Crippen LogP contribution is -2.30. The summed E-state index contributed by atoms with van der Waals surface area (Å²) in [5.41, 5.74) is 3.10. The number of hydrogen-bond donors (Lipinski definition) is 4. The Morgan fingerprint density at radius 3 is 2.76 bits per heavy atom. The maximum Gasteiger partial charge on any atom is 0.335 e. The Labute approximate surface area is 214 Å². The maximum absolute atomic E-state index is 13.5. The second-order valence-electron chi connectivity index (χ2n) is 8.74. The molecule has 0 saturated heterocycles. The number of amides is 2. The molecule has 0 saturated carbocycles. The van der Waals surface area contributed by atoms with E-state index >= 15 is 0 Å². The molecule has 2 aromatic heterocycles. The number of halogens is 1. The van der Waals surface area contributed by atoms with E-state index in [1.807, 2.05) is 0 Å². The van der Waals surface area contributed by atoms with Crippen LogP contribution in [-0.2, 0) is 13.0 Å². The van der Waals surface area contributed by atoms with Crippen molar-refractivity contribution in [2.24, 2.45) is 0 Å². The highest BCUT2D eigenvalue weighted by Gasteiger charge is 2.27. The van der Waals surface area contributed by atoms with Crippen LogP contribution in [0.1, 0.15) is 66.1 Å². The first-order chi connectivity index (χ1) is 17.7. The molecule has 12 heteroatoms. The quantitative estimate of drug-likeness (QED) is 0.286. The molecular formula is C25H21FN6O4S. The zero-order chi connectivity index (χ0) is 26.3. The van der Waals surface area contributed by atoms with Crippen LogP contribution in [0.25, 0.3) is 5.78 Å². The number of benzene rings is 2. The first kappa shape index (κ1) is 24.3. The largest absolute Gasteiger partial charge is 0.478 e. The van der Waals surface area contributed by atoms with E-state index in [2.05, 4.69) is 25.8 Å². The van der Waals surface area contributed by atoms with E-state index < -0.39 is 17.8 Å². The highest BCUT2D eigenvalue weighted by Crippen LogP contribution is 2.32. The fourth-order valence-corrected chi connectivity index (χ4v) is 4.65. The minimum absolute atomic E-state index is 0.0385. The minimum Gasteiger partial charge on any atom is -0.478 e.